The maximum Gasteiger partial charge on any atom is 0.00420 e. The van der Waals surface area contributed by atoms with Gasteiger partial charge in [-0.1, -0.05) is 37.3 Å². The molecule has 4 unspecified atom stereocenters. The fourth-order valence-electron chi connectivity index (χ4n) is 3.10. The number of allylic oxidation sites excluding steroid dienone is 5. The van der Waals surface area contributed by atoms with E-state index in [1.165, 1.54) is 6.42 Å². The smallest absolute Gasteiger partial charge is 0.00420 e. The average molecular weight is 174 g/mol. The molecule has 0 bridgehead atoms. The molecule has 0 radical (unpaired) electrons. The Hall–Kier alpha value is -0.780. The van der Waals surface area contributed by atoms with Crippen molar-refractivity contribution in [1.29, 1.82) is 0 Å². The molecule has 0 heteroatoms. The van der Waals surface area contributed by atoms with Gasteiger partial charge in [0, 0.05) is 5.41 Å². The van der Waals surface area contributed by atoms with Crippen molar-refractivity contribution in [1.82, 2.24) is 0 Å². The van der Waals surface area contributed by atoms with Crippen LogP contribution in [0.2, 0.25) is 0 Å². The zero-order valence-corrected chi connectivity index (χ0v) is 8.53. The van der Waals surface area contributed by atoms with E-state index >= 15 is 0 Å². The minimum absolute atomic E-state index is 0.404. The van der Waals surface area contributed by atoms with Crippen molar-refractivity contribution in [3.8, 4) is 0 Å². The van der Waals surface area contributed by atoms with Crippen molar-refractivity contribution in [2.75, 3.05) is 0 Å². The second kappa shape index (κ2) is 2.87. The SMILES string of the molecule is C=CC12C(C)C=CCC1C2C=CC. The van der Waals surface area contributed by atoms with Gasteiger partial charge in [0.2, 0.25) is 0 Å². The lowest BCUT2D eigenvalue weighted by molar-refractivity contribution is 0.422. The van der Waals surface area contributed by atoms with E-state index in [4.69, 9.17) is 0 Å². The van der Waals surface area contributed by atoms with E-state index in [-0.39, 0.29) is 0 Å². The summed E-state index contributed by atoms with van der Waals surface area (Å²) in [5.41, 5.74) is 0.404. The fourth-order valence-corrected chi connectivity index (χ4v) is 3.10. The van der Waals surface area contributed by atoms with E-state index in [0.717, 1.165) is 11.8 Å². The Labute approximate surface area is 81.0 Å². The van der Waals surface area contributed by atoms with Crippen LogP contribution in [0.5, 0.6) is 0 Å². The molecule has 4 atom stereocenters. The summed E-state index contributed by atoms with van der Waals surface area (Å²) in [6, 6.07) is 0. The van der Waals surface area contributed by atoms with Gasteiger partial charge in [0.05, 0.1) is 0 Å². The zero-order valence-electron chi connectivity index (χ0n) is 8.53. The van der Waals surface area contributed by atoms with Gasteiger partial charge in [0.25, 0.3) is 0 Å². The van der Waals surface area contributed by atoms with E-state index in [0.29, 0.717) is 11.3 Å². The molecule has 0 amide bonds. The summed E-state index contributed by atoms with van der Waals surface area (Å²) in [5.74, 6) is 2.26. The van der Waals surface area contributed by atoms with Crippen LogP contribution in [-0.4, -0.2) is 0 Å². The quantitative estimate of drug-likeness (QED) is 0.561. The van der Waals surface area contributed by atoms with Gasteiger partial charge in [-0.3, -0.25) is 0 Å². The van der Waals surface area contributed by atoms with E-state index in [1.807, 2.05) is 0 Å². The maximum atomic E-state index is 4.01. The first-order chi connectivity index (χ1) is 6.27. The molecule has 2 rings (SSSR count). The Morgan fingerprint density at radius 2 is 2.31 bits per heavy atom. The molecular weight excluding hydrogens is 156 g/mol. The Balaban J connectivity index is 2.27. The molecule has 0 aromatic carbocycles. The summed E-state index contributed by atoms with van der Waals surface area (Å²) in [5, 5.41) is 0. The third-order valence-corrected chi connectivity index (χ3v) is 3.90. The lowest BCUT2D eigenvalue weighted by Gasteiger charge is -2.21. The first kappa shape index (κ1) is 8.80. The van der Waals surface area contributed by atoms with Crippen LogP contribution in [0.1, 0.15) is 20.3 Å². The monoisotopic (exact) mass is 174 g/mol. The summed E-state index contributed by atoms with van der Waals surface area (Å²) in [7, 11) is 0. The topological polar surface area (TPSA) is 0 Å². The minimum Gasteiger partial charge on any atom is -0.102 e. The molecule has 0 aromatic rings. The molecule has 1 saturated carbocycles. The van der Waals surface area contributed by atoms with Crippen LogP contribution in [0.3, 0.4) is 0 Å². The first-order valence-corrected chi connectivity index (χ1v) is 5.20. The standard InChI is InChI=1S/C13H18/c1-4-7-11-12-9-6-8-10(3)13(11,12)5-2/h4-8,10-12H,2,9H2,1,3H3. The highest BCUT2D eigenvalue weighted by atomic mass is 14.7. The highest BCUT2D eigenvalue weighted by Gasteiger charge is 2.63. The van der Waals surface area contributed by atoms with Crippen molar-refractivity contribution in [2.45, 2.75) is 20.3 Å². The molecule has 2 aliphatic rings. The van der Waals surface area contributed by atoms with Gasteiger partial charge in [0.1, 0.15) is 0 Å². The minimum atomic E-state index is 0.404. The van der Waals surface area contributed by atoms with E-state index < -0.39 is 0 Å². The molecule has 0 aromatic heterocycles. The lowest BCUT2D eigenvalue weighted by atomic mass is 9.83. The van der Waals surface area contributed by atoms with Crippen molar-refractivity contribution in [3.63, 3.8) is 0 Å². The highest BCUT2D eigenvalue weighted by molar-refractivity contribution is 5.31. The van der Waals surface area contributed by atoms with Crippen LogP contribution in [0.4, 0.5) is 0 Å². The maximum absolute atomic E-state index is 4.01. The lowest BCUT2D eigenvalue weighted by Crippen LogP contribution is -2.14. The summed E-state index contributed by atoms with van der Waals surface area (Å²) in [6.07, 6.45) is 12.7. The molecule has 1 fully saturated rings. The van der Waals surface area contributed by atoms with Gasteiger partial charge in [0.15, 0.2) is 0 Å². The number of rotatable bonds is 2. The van der Waals surface area contributed by atoms with Gasteiger partial charge < -0.3 is 0 Å². The largest absolute Gasteiger partial charge is 0.102 e. The third kappa shape index (κ3) is 0.979. The molecule has 0 saturated heterocycles. The van der Waals surface area contributed by atoms with Crippen molar-refractivity contribution >= 4 is 0 Å². The highest BCUT2D eigenvalue weighted by Crippen LogP contribution is 2.68. The summed E-state index contributed by atoms with van der Waals surface area (Å²) >= 11 is 0. The fraction of sp³-hybridized carbons (Fsp3) is 0.538. The molecule has 70 valence electrons. The molecule has 0 heterocycles. The van der Waals surface area contributed by atoms with Crippen LogP contribution in [0.15, 0.2) is 37.0 Å². The van der Waals surface area contributed by atoms with Gasteiger partial charge >= 0.3 is 0 Å². The molecule has 13 heavy (non-hydrogen) atoms. The molecule has 0 spiro atoms. The predicted molar refractivity (Wildman–Crippen MR) is 57.3 cm³/mol. The Morgan fingerprint density at radius 3 is 2.85 bits per heavy atom. The molecular formula is C13H18. The predicted octanol–water partition coefficient (Wildman–Crippen LogP) is 3.58. The van der Waals surface area contributed by atoms with Crippen LogP contribution in [0, 0.1) is 23.2 Å². The van der Waals surface area contributed by atoms with Crippen LogP contribution in [-0.2, 0) is 0 Å². The van der Waals surface area contributed by atoms with Gasteiger partial charge in [-0.25, -0.2) is 0 Å². The number of hydrogen-bond donors (Lipinski definition) is 0. The van der Waals surface area contributed by atoms with Crippen molar-refractivity contribution in [3.05, 3.63) is 37.0 Å². The van der Waals surface area contributed by atoms with Crippen molar-refractivity contribution in [2.24, 2.45) is 23.2 Å². The summed E-state index contributed by atoms with van der Waals surface area (Å²) in [4.78, 5) is 0. The van der Waals surface area contributed by atoms with Gasteiger partial charge in [-0.05, 0) is 31.1 Å². The zero-order chi connectivity index (χ0) is 9.47. The molecule has 2 aliphatic carbocycles. The average Bonchev–Trinajstić information content (AvgIpc) is 2.77. The number of fused-ring (bicyclic) bond motifs is 1. The van der Waals surface area contributed by atoms with Crippen LogP contribution in [0.25, 0.3) is 0 Å². The van der Waals surface area contributed by atoms with E-state index in [1.54, 1.807) is 0 Å². The Morgan fingerprint density at radius 1 is 1.54 bits per heavy atom. The van der Waals surface area contributed by atoms with E-state index in [2.05, 4.69) is 50.8 Å². The Kier molecular flexibility index (Phi) is 1.94. The van der Waals surface area contributed by atoms with E-state index in [9.17, 15) is 0 Å². The third-order valence-electron chi connectivity index (χ3n) is 3.90. The summed E-state index contributed by atoms with van der Waals surface area (Å²) < 4.78 is 0. The summed E-state index contributed by atoms with van der Waals surface area (Å²) in [6.45, 7) is 8.44. The van der Waals surface area contributed by atoms with Crippen molar-refractivity contribution < 1.29 is 0 Å². The normalized spacial score (nSPS) is 47.7. The van der Waals surface area contributed by atoms with Gasteiger partial charge in [-0.2, -0.15) is 0 Å². The molecule has 0 nitrogen and oxygen atoms in total. The molecule has 0 N–H and O–H groups in total. The number of hydrogen-bond acceptors (Lipinski definition) is 0. The molecule has 0 aliphatic heterocycles. The first-order valence-electron chi connectivity index (χ1n) is 5.20. The second-order valence-electron chi connectivity index (χ2n) is 4.31. The van der Waals surface area contributed by atoms with Gasteiger partial charge in [-0.15, -0.1) is 6.58 Å². The van der Waals surface area contributed by atoms with Crippen LogP contribution >= 0.6 is 0 Å². The Bertz CT molecular complexity index is 272. The second-order valence-corrected chi connectivity index (χ2v) is 4.31. The van der Waals surface area contributed by atoms with Crippen LogP contribution < -0.4 is 0 Å².